The highest BCUT2D eigenvalue weighted by molar-refractivity contribution is 5.92. The third kappa shape index (κ3) is 3.90. The van der Waals surface area contributed by atoms with Crippen molar-refractivity contribution in [3.8, 4) is 0 Å². The number of amides is 1. The molecule has 0 aromatic rings. The van der Waals surface area contributed by atoms with Gasteiger partial charge < -0.3 is 15.1 Å². The number of fused-ring (bicyclic) bond motifs is 2. The molecule has 1 N–H and O–H groups in total. The number of hydrogen-bond acceptors (Lipinski definition) is 5. The van der Waals surface area contributed by atoms with Crippen molar-refractivity contribution < 1.29 is 4.79 Å². The fraction of sp³-hybridized carbons (Fsp3) is 0.481. The van der Waals surface area contributed by atoms with E-state index in [0.29, 0.717) is 5.92 Å². The fourth-order valence-electron chi connectivity index (χ4n) is 5.54. The van der Waals surface area contributed by atoms with Gasteiger partial charge in [0.2, 0.25) is 0 Å². The highest BCUT2D eigenvalue weighted by Crippen LogP contribution is 2.44. The first-order valence-corrected chi connectivity index (χ1v) is 12.4. The van der Waals surface area contributed by atoms with Crippen molar-refractivity contribution in [1.82, 2.24) is 20.0 Å². The number of allylic oxidation sites excluding steroid dienone is 6. The maximum Gasteiger partial charge on any atom is 0.255 e. The van der Waals surface area contributed by atoms with Crippen LogP contribution in [-0.4, -0.2) is 65.2 Å². The van der Waals surface area contributed by atoms with Crippen molar-refractivity contribution in [3.63, 3.8) is 0 Å². The predicted octanol–water partition coefficient (Wildman–Crippen LogP) is 3.32. The van der Waals surface area contributed by atoms with Crippen LogP contribution in [0.4, 0.5) is 0 Å². The summed E-state index contributed by atoms with van der Waals surface area (Å²) in [4.78, 5) is 25.0. The zero-order valence-electron chi connectivity index (χ0n) is 19.6. The molecule has 0 radical (unpaired) electrons. The van der Waals surface area contributed by atoms with Crippen molar-refractivity contribution >= 4 is 11.6 Å². The van der Waals surface area contributed by atoms with Gasteiger partial charge in [0.05, 0.1) is 12.2 Å². The third-order valence-electron chi connectivity index (χ3n) is 7.55. The van der Waals surface area contributed by atoms with Crippen molar-refractivity contribution in [2.45, 2.75) is 39.3 Å². The van der Waals surface area contributed by atoms with E-state index in [1.165, 1.54) is 29.7 Å². The second-order valence-electron chi connectivity index (χ2n) is 10.1. The van der Waals surface area contributed by atoms with Crippen LogP contribution < -0.4 is 5.32 Å². The molecule has 172 valence electrons. The van der Waals surface area contributed by atoms with Crippen LogP contribution in [-0.2, 0) is 4.79 Å². The first-order chi connectivity index (χ1) is 16.1. The van der Waals surface area contributed by atoms with E-state index >= 15 is 0 Å². The molecule has 5 heterocycles. The average Bonchev–Trinajstić information content (AvgIpc) is 3.60. The Morgan fingerprint density at radius 3 is 2.64 bits per heavy atom. The van der Waals surface area contributed by atoms with Crippen LogP contribution in [0.15, 0.2) is 75.9 Å². The maximum atomic E-state index is 13.6. The molecule has 0 spiro atoms. The highest BCUT2D eigenvalue weighted by atomic mass is 16.2. The highest BCUT2D eigenvalue weighted by Gasteiger charge is 2.38. The Kier molecular flexibility index (Phi) is 5.13. The zero-order valence-corrected chi connectivity index (χ0v) is 19.6. The Labute approximate surface area is 196 Å². The summed E-state index contributed by atoms with van der Waals surface area (Å²) in [5.41, 5.74) is 7.06. The minimum Gasteiger partial charge on any atom is -0.368 e. The lowest BCUT2D eigenvalue weighted by Crippen LogP contribution is -2.43. The van der Waals surface area contributed by atoms with Crippen molar-refractivity contribution in [2.24, 2.45) is 16.8 Å². The minimum atomic E-state index is 0.0398. The summed E-state index contributed by atoms with van der Waals surface area (Å²) in [6.45, 7) is 9.14. The number of piperazine rings is 1. The molecule has 0 aromatic carbocycles. The summed E-state index contributed by atoms with van der Waals surface area (Å²) < 4.78 is 0. The average molecular weight is 444 g/mol. The summed E-state index contributed by atoms with van der Waals surface area (Å²) in [6, 6.07) is 0. The Morgan fingerprint density at radius 1 is 1.06 bits per heavy atom. The quantitative estimate of drug-likeness (QED) is 0.727. The number of rotatable bonds is 3. The van der Waals surface area contributed by atoms with Crippen LogP contribution in [0.1, 0.15) is 33.1 Å². The summed E-state index contributed by atoms with van der Waals surface area (Å²) >= 11 is 0. The molecule has 0 aromatic heterocycles. The number of aliphatic imine (C=N–C) groups is 1. The van der Waals surface area contributed by atoms with Crippen molar-refractivity contribution in [2.75, 3.05) is 32.7 Å². The largest absolute Gasteiger partial charge is 0.368 e. The number of carbonyl (C=O) groups is 1. The van der Waals surface area contributed by atoms with Crippen LogP contribution in [0.5, 0.6) is 0 Å². The van der Waals surface area contributed by atoms with Gasteiger partial charge in [-0.1, -0.05) is 13.0 Å². The monoisotopic (exact) mass is 443 g/mol. The second kappa shape index (κ2) is 8.17. The number of nitrogens with one attached hydrogen (secondary N) is 1. The first kappa shape index (κ1) is 20.7. The molecule has 2 unspecified atom stereocenters. The van der Waals surface area contributed by atoms with Gasteiger partial charge in [0, 0.05) is 56.1 Å². The molecule has 5 aliphatic heterocycles. The van der Waals surface area contributed by atoms with Crippen LogP contribution in [0.3, 0.4) is 0 Å². The van der Waals surface area contributed by atoms with Gasteiger partial charge in [-0.05, 0) is 73.0 Å². The lowest BCUT2D eigenvalue weighted by atomic mass is 9.86. The summed E-state index contributed by atoms with van der Waals surface area (Å²) in [5.74, 6) is 0.969. The van der Waals surface area contributed by atoms with E-state index in [9.17, 15) is 4.79 Å². The lowest BCUT2D eigenvalue weighted by Gasteiger charge is -2.35. The smallest absolute Gasteiger partial charge is 0.255 e. The van der Waals surface area contributed by atoms with E-state index in [1.54, 1.807) is 0 Å². The molecule has 2 atom stereocenters. The van der Waals surface area contributed by atoms with Gasteiger partial charge in [-0.15, -0.1) is 0 Å². The van der Waals surface area contributed by atoms with E-state index < -0.39 is 0 Å². The van der Waals surface area contributed by atoms with Crippen LogP contribution in [0, 0.1) is 11.8 Å². The Hall–Kier alpha value is -2.86. The van der Waals surface area contributed by atoms with E-state index in [0.717, 1.165) is 56.1 Å². The van der Waals surface area contributed by atoms with E-state index in [2.05, 4.69) is 59.5 Å². The van der Waals surface area contributed by atoms with E-state index in [-0.39, 0.29) is 18.0 Å². The molecule has 1 saturated carbocycles. The second-order valence-corrected chi connectivity index (χ2v) is 10.1. The van der Waals surface area contributed by atoms with E-state index in [1.807, 2.05) is 17.2 Å². The summed E-state index contributed by atoms with van der Waals surface area (Å²) in [7, 11) is 0. The molecule has 1 saturated heterocycles. The normalized spacial score (nSPS) is 29.8. The Bertz CT molecular complexity index is 1080. The number of nitrogens with zero attached hydrogens (tertiary/aromatic N) is 4. The van der Waals surface area contributed by atoms with Gasteiger partial charge in [0.25, 0.3) is 5.91 Å². The molecular formula is C27H33N5O. The first-order valence-electron chi connectivity index (χ1n) is 12.4. The SMILES string of the molecule is CC1=NC2C(C3CC3)=CC(C3=CC(=O)N4C=C(N5CCNCC5)C=CC4=CCC3C)=CN2C1. The molecule has 6 aliphatic rings. The van der Waals surface area contributed by atoms with Gasteiger partial charge in [0.15, 0.2) is 0 Å². The molecule has 2 fully saturated rings. The van der Waals surface area contributed by atoms with Crippen LogP contribution in [0.25, 0.3) is 0 Å². The van der Waals surface area contributed by atoms with Crippen LogP contribution in [0.2, 0.25) is 0 Å². The van der Waals surface area contributed by atoms with Gasteiger partial charge in [0.1, 0.15) is 6.17 Å². The van der Waals surface area contributed by atoms with Gasteiger partial charge >= 0.3 is 0 Å². The number of hydrogen-bond donors (Lipinski definition) is 1. The molecule has 6 heteroatoms. The van der Waals surface area contributed by atoms with E-state index in [4.69, 9.17) is 4.99 Å². The van der Waals surface area contributed by atoms with Gasteiger partial charge in [-0.25, -0.2) is 0 Å². The zero-order chi connectivity index (χ0) is 22.5. The minimum absolute atomic E-state index is 0.0398. The lowest BCUT2D eigenvalue weighted by molar-refractivity contribution is -0.122. The third-order valence-corrected chi connectivity index (χ3v) is 7.55. The van der Waals surface area contributed by atoms with Gasteiger partial charge in [-0.2, -0.15) is 0 Å². The predicted molar refractivity (Wildman–Crippen MR) is 131 cm³/mol. The Morgan fingerprint density at radius 2 is 1.85 bits per heavy atom. The maximum absolute atomic E-state index is 13.6. The molecule has 6 rings (SSSR count). The standard InChI is InChI=1S/C27H33N5O/c1-18-3-6-22-7-8-23(30-11-9-28-10-12-30)17-32(22)26(33)14-24(18)21-13-25(20-4-5-20)27-29-19(2)15-31(27)16-21/h6-8,13-14,16-18,20,27-28H,3-5,9-12,15H2,1-2H3. The molecule has 6 nitrogen and oxygen atoms in total. The van der Waals surface area contributed by atoms with Crippen molar-refractivity contribution in [3.05, 3.63) is 70.9 Å². The summed E-state index contributed by atoms with van der Waals surface area (Å²) in [6.07, 6.45) is 18.6. The topological polar surface area (TPSA) is 51.2 Å². The van der Waals surface area contributed by atoms with Crippen LogP contribution >= 0.6 is 0 Å². The molecular weight excluding hydrogens is 410 g/mol. The fourth-order valence-corrected chi connectivity index (χ4v) is 5.54. The molecule has 33 heavy (non-hydrogen) atoms. The molecule has 1 aliphatic carbocycles. The summed E-state index contributed by atoms with van der Waals surface area (Å²) in [5, 5.41) is 3.40. The Balaban J connectivity index is 1.32. The van der Waals surface area contributed by atoms with Crippen molar-refractivity contribution in [1.29, 1.82) is 0 Å². The molecule has 1 amide bonds. The number of carbonyl (C=O) groups excluding carboxylic acids is 1. The molecule has 0 bridgehead atoms. The van der Waals surface area contributed by atoms with Gasteiger partial charge in [-0.3, -0.25) is 14.7 Å².